The Morgan fingerprint density at radius 3 is 2.14 bits per heavy atom. The second-order valence-corrected chi connectivity index (χ2v) is 5.56. The lowest BCUT2D eigenvalue weighted by Gasteiger charge is -2.27. The number of rotatable bonds is 6. The maximum atomic E-state index is 6.27. The lowest BCUT2D eigenvalue weighted by atomic mass is 9.99. The first-order valence-corrected chi connectivity index (χ1v) is 7.61. The van der Waals surface area contributed by atoms with Crippen molar-refractivity contribution in [1.29, 1.82) is 0 Å². The number of hydrogen-bond donors (Lipinski definition) is 1. The minimum Gasteiger partial charge on any atom is -0.488 e. The molecular weight excluding hydrogens is 258 g/mol. The summed E-state index contributed by atoms with van der Waals surface area (Å²) in [7, 11) is 1.99. The molecule has 0 fully saturated rings. The molecule has 0 aliphatic heterocycles. The number of benzene rings is 2. The van der Waals surface area contributed by atoms with Crippen molar-refractivity contribution in [1.82, 2.24) is 5.32 Å². The van der Waals surface area contributed by atoms with Crippen LogP contribution in [0.4, 0.5) is 0 Å². The molecule has 0 spiro atoms. The van der Waals surface area contributed by atoms with Gasteiger partial charge >= 0.3 is 0 Å². The summed E-state index contributed by atoms with van der Waals surface area (Å²) in [6.45, 7) is 6.38. The first-order chi connectivity index (χ1) is 10.1. The highest BCUT2D eigenvalue weighted by atomic mass is 16.5. The molecule has 1 N–H and O–H groups in total. The summed E-state index contributed by atoms with van der Waals surface area (Å²) in [6.07, 6.45) is 1.06. The van der Waals surface area contributed by atoms with Crippen molar-refractivity contribution < 1.29 is 4.74 Å². The molecule has 0 aromatic heterocycles. The van der Waals surface area contributed by atoms with Crippen LogP contribution in [0.15, 0.2) is 48.5 Å². The van der Waals surface area contributed by atoms with Crippen LogP contribution in [0, 0.1) is 13.8 Å². The zero-order valence-electron chi connectivity index (χ0n) is 13.4. The molecule has 2 rings (SSSR count). The van der Waals surface area contributed by atoms with Crippen LogP contribution < -0.4 is 10.1 Å². The maximum Gasteiger partial charge on any atom is 0.120 e. The minimum absolute atomic E-state index is 0.110. The summed E-state index contributed by atoms with van der Waals surface area (Å²) in [5, 5.41) is 3.39. The summed E-state index contributed by atoms with van der Waals surface area (Å²) in [4.78, 5) is 0. The van der Waals surface area contributed by atoms with E-state index in [4.69, 9.17) is 4.74 Å². The Labute approximate surface area is 128 Å². The third-order valence-electron chi connectivity index (χ3n) is 3.73. The van der Waals surface area contributed by atoms with Gasteiger partial charge in [0.15, 0.2) is 0 Å². The van der Waals surface area contributed by atoms with Crippen LogP contribution in [0.2, 0.25) is 0 Å². The summed E-state index contributed by atoms with van der Waals surface area (Å²) < 4.78 is 6.27. The molecule has 0 saturated carbocycles. The molecule has 2 aromatic carbocycles. The van der Waals surface area contributed by atoms with Crippen LogP contribution in [-0.4, -0.2) is 13.2 Å². The summed E-state index contributed by atoms with van der Waals surface area (Å²) in [5.41, 5.74) is 3.73. The Balaban J connectivity index is 2.21. The zero-order valence-corrected chi connectivity index (χ0v) is 13.4. The van der Waals surface area contributed by atoms with Crippen molar-refractivity contribution in [3.8, 4) is 5.75 Å². The number of hydrogen-bond acceptors (Lipinski definition) is 2. The van der Waals surface area contributed by atoms with Gasteiger partial charge in [0.2, 0.25) is 0 Å². The van der Waals surface area contributed by atoms with Gasteiger partial charge < -0.3 is 10.1 Å². The van der Waals surface area contributed by atoms with Crippen molar-refractivity contribution in [2.24, 2.45) is 0 Å². The molecule has 2 atom stereocenters. The monoisotopic (exact) mass is 283 g/mol. The number of nitrogens with one attached hydrogen (secondary N) is 1. The van der Waals surface area contributed by atoms with E-state index in [2.05, 4.69) is 68.6 Å². The van der Waals surface area contributed by atoms with Gasteiger partial charge in [0.05, 0.1) is 6.04 Å². The first-order valence-electron chi connectivity index (χ1n) is 7.61. The van der Waals surface area contributed by atoms with E-state index in [1.165, 1.54) is 16.7 Å². The molecule has 2 nitrogen and oxygen atoms in total. The van der Waals surface area contributed by atoms with E-state index in [9.17, 15) is 0 Å². The molecule has 0 bridgehead atoms. The molecule has 0 heterocycles. The molecule has 2 heteroatoms. The van der Waals surface area contributed by atoms with E-state index in [0.29, 0.717) is 0 Å². The lowest BCUT2D eigenvalue weighted by molar-refractivity contribution is 0.152. The van der Waals surface area contributed by atoms with Crippen molar-refractivity contribution >= 4 is 0 Å². The minimum atomic E-state index is 0.110. The summed E-state index contributed by atoms with van der Waals surface area (Å²) >= 11 is 0. The average Bonchev–Trinajstić information content (AvgIpc) is 2.47. The average molecular weight is 283 g/mol. The Morgan fingerprint density at radius 2 is 1.62 bits per heavy atom. The van der Waals surface area contributed by atoms with E-state index >= 15 is 0 Å². The van der Waals surface area contributed by atoms with Gasteiger partial charge in [0.1, 0.15) is 11.9 Å². The predicted molar refractivity (Wildman–Crippen MR) is 88.9 cm³/mol. The quantitative estimate of drug-likeness (QED) is 0.847. The van der Waals surface area contributed by atoms with Gasteiger partial charge in [-0.15, -0.1) is 0 Å². The molecule has 0 saturated heterocycles. The second-order valence-electron chi connectivity index (χ2n) is 5.56. The van der Waals surface area contributed by atoms with Crippen LogP contribution in [0.25, 0.3) is 0 Å². The maximum absolute atomic E-state index is 6.27. The molecule has 0 aliphatic carbocycles. The fraction of sp³-hybridized carbons (Fsp3) is 0.368. The van der Waals surface area contributed by atoms with Crippen LogP contribution in [0.5, 0.6) is 5.75 Å². The molecule has 2 aromatic rings. The SMILES string of the molecule is CCC(Oc1cc(C)cc(C)c1)C(NC)c1ccccc1. The largest absolute Gasteiger partial charge is 0.488 e. The van der Waals surface area contributed by atoms with E-state index in [0.717, 1.165) is 12.2 Å². The summed E-state index contributed by atoms with van der Waals surface area (Å²) in [6, 6.07) is 17.1. The lowest BCUT2D eigenvalue weighted by Crippen LogP contribution is -2.33. The smallest absolute Gasteiger partial charge is 0.120 e. The summed E-state index contributed by atoms with van der Waals surface area (Å²) in [5.74, 6) is 0.954. The molecule has 0 amide bonds. The van der Waals surface area contributed by atoms with Gasteiger partial charge in [-0.2, -0.15) is 0 Å². The van der Waals surface area contributed by atoms with Crippen molar-refractivity contribution in [3.05, 3.63) is 65.2 Å². The van der Waals surface area contributed by atoms with Crippen LogP contribution in [-0.2, 0) is 0 Å². The van der Waals surface area contributed by atoms with Gasteiger partial charge in [-0.25, -0.2) is 0 Å². The predicted octanol–water partition coefficient (Wildman–Crippen LogP) is 4.42. The standard InChI is InChI=1S/C19H25NO/c1-5-18(19(20-4)16-9-7-6-8-10-16)21-17-12-14(2)11-15(3)13-17/h6-13,18-20H,5H2,1-4H3. The van der Waals surface area contributed by atoms with E-state index in [1.54, 1.807) is 0 Å². The highest BCUT2D eigenvalue weighted by Gasteiger charge is 2.22. The third kappa shape index (κ3) is 4.08. The van der Waals surface area contributed by atoms with E-state index in [1.807, 2.05) is 13.1 Å². The second kappa shape index (κ2) is 7.28. The Kier molecular flexibility index (Phi) is 5.40. The van der Waals surface area contributed by atoms with Gasteiger partial charge in [0.25, 0.3) is 0 Å². The topological polar surface area (TPSA) is 21.3 Å². The van der Waals surface area contributed by atoms with Gasteiger partial charge in [-0.05, 0) is 56.1 Å². The highest BCUT2D eigenvalue weighted by Crippen LogP contribution is 2.25. The van der Waals surface area contributed by atoms with Gasteiger partial charge in [-0.3, -0.25) is 0 Å². The Bertz CT molecular complexity index is 545. The van der Waals surface area contributed by atoms with Crippen molar-refractivity contribution in [2.45, 2.75) is 39.3 Å². The number of ether oxygens (including phenoxy) is 1. The van der Waals surface area contributed by atoms with Crippen LogP contribution >= 0.6 is 0 Å². The zero-order chi connectivity index (χ0) is 15.2. The molecule has 2 unspecified atom stereocenters. The van der Waals surface area contributed by atoms with Crippen molar-refractivity contribution in [2.75, 3.05) is 7.05 Å². The fourth-order valence-corrected chi connectivity index (χ4v) is 2.79. The highest BCUT2D eigenvalue weighted by molar-refractivity contribution is 5.33. The van der Waals surface area contributed by atoms with Gasteiger partial charge in [0, 0.05) is 0 Å². The molecule has 112 valence electrons. The van der Waals surface area contributed by atoms with Crippen LogP contribution in [0.3, 0.4) is 0 Å². The molecule has 0 aliphatic rings. The molecule has 21 heavy (non-hydrogen) atoms. The third-order valence-corrected chi connectivity index (χ3v) is 3.73. The van der Waals surface area contributed by atoms with Crippen molar-refractivity contribution in [3.63, 3.8) is 0 Å². The Morgan fingerprint density at radius 1 is 1.00 bits per heavy atom. The fourth-order valence-electron chi connectivity index (χ4n) is 2.79. The molecular formula is C19H25NO. The first kappa shape index (κ1) is 15.6. The van der Waals surface area contributed by atoms with Crippen LogP contribution in [0.1, 0.15) is 36.1 Å². The number of aryl methyl sites for hydroxylation is 2. The normalized spacial score (nSPS) is 13.7. The van der Waals surface area contributed by atoms with Gasteiger partial charge in [-0.1, -0.05) is 43.3 Å². The Hall–Kier alpha value is -1.80. The number of likely N-dealkylation sites (N-methyl/N-ethyl adjacent to an activating group) is 1. The molecule has 0 radical (unpaired) electrons. The van der Waals surface area contributed by atoms with E-state index in [-0.39, 0.29) is 12.1 Å². The van der Waals surface area contributed by atoms with E-state index < -0.39 is 0 Å².